The first-order chi connectivity index (χ1) is 11.5. The van der Waals surface area contributed by atoms with Crippen molar-refractivity contribution >= 4 is 41.3 Å². The van der Waals surface area contributed by atoms with Gasteiger partial charge < -0.3 is 10.2 Å². The van der Waals surface area contributed by atoms with E-state index in [4.69, 9.17) is 11.6 Å². The van der Waals surface area contributed by atoms with Crippen molar-refractivity contribution in [3.05, 3.63) is 58.1 Å². The maximum Gasteiger partial charge on any atom is 0.255 e. The van der Waals surface area contributed by atoms with Gasteiger partial charge in [0.05, 0.1) is 10.7 Å². The topological polar surface area (TPSA) is 32.3 Å². The van der Waals surface area contributed by atoms with Gasteiger partial charge in [-0.2, -0.15) is 0 Å². The largest absolute Gasteiger partial charge is 0.370 e. The second-order valence-electron chi connectivity index (χ2n) is 6.47. The minimum Gasteiger partial charge on any atom is -0.370 e. The summed E-state index contributed by atoms with van der Waals surface area (Å²) in [5.41, 5.74) is 4.74. The van der Waals surface area contributed by atoms with E-state index in [9.17, 15) is 4.79 Å². The highest BCUT2D eigenvalue weighted by atomic mass is 35.5. The van der Waals surface area contributed by atoms with Crippen molar-refractivity contribution in [2.45, 2.75) is 33.1 Å². The van der Waals surface area contributed by atoms with Gasteiger partial charge in [-0.05, 0) is 74.6 Å². The van der Waals surface area contributed by atoms with E-state index < -0.39 is 0 Å². The number of carbonyl (C=O) groups excluding carboxylic acids is 1. The lowest BCUT2D eigenvalue weighted by molar-refractivity contribution is 0.102. The summed E-state index contributed by atoms with van der Waals surface area (Å²) in [4.78, 5) is 14.7. The smallest absolute Gasteiger partial charge is 0.255 e. The van der Waals surface area contributed by atoms with E-state index >= 15 is 0 Å². The van der Waals surface area contributed by atoms with Gasteiger partial charge in [0.1, 0.15) is 0 Å². The highest BCUT2D eigenvalue weighted by molar-refractivity contribution is 6.33. The summed E-state index contributed by atoms with van der Waals surface area (Å²) in [6.45, 7) is 6.15. The van der Waals surface area contributed by atoms with Crippen molar-refractivity contribution in [3.8, 4) is 0 Å². The van der Waals surface area contributed by atoms with Crippen LogP contribution in [0, 0.1) is 13.8 Å². The number of rotatable bonds is 3. The number of anilines is 2. The zero-order valence-electron chi connectivity index (χ0n) is 14.6. The first-order valence-corrected chi connectivity index (χ1v) is 8.85. The Morgan fingerprint density at radius 1 is 1.00 bits per heavy atom. The van der Waals surface area contributed by atoms with Gasteiger partial charge in [-0.1, -0.05) is 17.7 Å². The van der Waals surface area contributed by atoms with Crippen molar-refractivity contribution in [2.75, 3.05) is 23.3 Å². The van der Waals surface area contributed by atoms with Crippen LogP contribution in [0.1, 0.15) is 40.7 Å². The highest BCUT2D eigenvalue weighted by Crippen LogP contribution is 2.31. The van der Waals surface area contributed by atoms with Crippen molar-refractivity contribution < 1.29 is 4.79 Å². The van der Waals surface area contributed by atoms with Crippen LogP contribution in [0.5, 0.6) is 0 Å². The summed E-state index contributed by atoms with van der Waals surface area (Å²) in [6, 6.07) is 11.5. The Morgan fingerprint density at radius 2 is 1.72 bits per heavy atom. The van der Waals surface area contributed by atoms with Crippen molar-refractivity contribution in [3.63, 3.8) is 0 Å². The number of halogens is 2. The van der Waals surface area contributed by atoms with Crippen LogP contribution in [0.3, 0.4) is 0 Å². The molecule has 0 spiro atoms. The molecule has 0 unspecified atom stereocenters. The molecule has 1 amide bonds. The zero-order valence-corrected chi connectivity index (χ0v) is 16.2. The van der Waals surface area contributed by atoms with Gasteiger partial charge >= 0.3 is 0 Å². The average molecular weight is 379 g/mol. The lowest BCUT2D eigenvalue weighted by Gasteiger charge is -2.29. The molecule has 134 valence electrons. The maximum absolute atomic E-state index is 12.4. The summed E-state index contributed by atoms with van der Waals surface area (Å²) >= 11 is 6.45. The Hall–Kier alpha value is -1.71. The van der Waals surface area contributed by atoms with E-state index in [1.807, 2.05) is 50.2 Å². The molecule has 0 radical (unpaired) electrons. The second kappa shape index (κ2) is 8.59. The van der Waals surface area contributed by atoms with Gasteiger partial charge in [-0.3, -0.25) is 4.79 Å². The molecule has 1 aliphatic heterocycles. The lowest BCUT2D eigenvalue weighted by atomic mass is 10.1. The molecule has 25 heavy (non-hydrogen) atoms. The van der Waals surface area contributed by atoms with Crippen molar-refractivity contribution in [2.24, 2.45) is 0 Å². The third-order valence-corrected chi connectivity index (χ3v) is 4.97. The van der Waals surface area contributed by atoms with Crippen LogP contribution in [0.15, 0.2) is 36.4 Å². The molecule has 3 nitrogen and oxygen atoms in total. The molecule has 0 saturated carbocycles. The van der Waals surface area contributed by atoms with Gasteiger partial charge in [0, 0.05) is 24.3 Å². The number of nitrogens with zero attached hydrogens (tertiary/aromatic N) is 1. The summed E-state index contributed by atoms with van der Waals surface area (Å²) in [6.07, 6.45) is 3.71. The molecule has 0 bridgehead atoms. The number of carbonyl (C=O) groups is 1. The third kappa shape index (κ3) is 4.68. The first kappa shape index (κ1) is 19.6. The van der Waals surface area contributed by atoms with Crippen LogP contribution in [0.25, 0.3) is 0 Å². The predicted octanol–water partition coefficient (Wildman–Crippen LogP) is 5.62. The summed E-state index contributed by atoms with van der Waals surface area (Å²) < 4.78 is 0. The van der Waals surface area contributed by atoms with Crippen LogP contribution < -0.4 is 10.2 Å². The number of hydrogen-bond acceptors (Lipinski definition) is 2. The minimum absolute atomic E-state index is 0. The Morgan fingerprint density at radius 3 is 2.36 bits per heavy atom. The Balaban J connectivity index is 0.00000225. The minimum atomic E-state index is -0.111. The van der Waals surface area contributed by atoms with Gasteiger partial charge in [0.25, 0.3) is 5.91 Å². The highest BCUT2D eigenvalue weighted by Gasteiger charge is 2.15. The number of benzene rings is 2. The maximum atomic E-state index is 12.4. The SMILES string of the molecule is Cc1ccc(C(=O)Nc2ccc(N3CCCCC3)c(Cl)c2)cc1C.Cl. The van der Waals surface area contributed by atoms with E-state index in [1.165, 1.54) is 24.8 Å². The van der Waals surface area contributed by atoms with Crippen molar-refractivity contribution in [1.82, 2.24) is 0 Å². The van der Waals surface area contributed by atoms with E-state index in [0.717, 1.165) is 30.0 Å². The molecule has 0 aliphatic carbocycles. The molecular formula is C20H24Cl2N2O. The van der Waals surface area contributed by atoms with Crippen LogP contribution in [-0.2, 0) is 0 Å². The Kier molecular flexibility index (Phi) is 6.74. The molecule has 5 heteroatoms. The molecule has 1 aliphatic rings. The van der Waals surface area contributed by atoms with Crippen LogP contribution in [0.2, 0.25) is 5.02 Å². The molecular weight excluding hydrogens is 355 g/mol. The second-order valence-corrected chi connectivity index (χ2v) is 6.87. The predicted molar refractivity (Wildman–Crippen MR) is 109 cm³/mol. The molecule has 2 aromatic carbocycles. The first-order valence-electron chi connectivity index (χ1n) is 8.48. The molecule has 0 aromatic heterocycles. The van der Waals surface area contributed by atoms with E-state index in [-0.39, 0.29) is 18.3 Å². The van der Waals surface area contributed by atoms with Gasteiger partial charge in [-0.25, -0.2) is 0 Å². The average Bonchev–Trinajstić information content (AvgIpc) is 2.58. The summed E-state index contributed by atoms with van der Waals surface area (Å²) in [5.74, 6) is -0.111. The quantitative estimate of drug-likeness (QED) is 0.751. The van der Waals surface area contributed by atoms with Crippen LogP contribution in [-0.4, -0.2) is 19.0 Å². The zero-order chi connectivity index (χ0) is 17.1. The monoisotopic (exact) mass is 378 g/mol. The lowest BCUT2D eigenvalue weighted by Crippen LogP contribution is -2.29. The molecule has 1 heterocycles. The van der Waals surface area contributed by atoms with E-state index in [2.05, 4.69) is 10.2 Å². The molecule has 1 saturated heterocycles. The Labute approximate surface area is 160 Å². The molecule has 1 fully saturated rings. The van der Waals surface area contributed by atoms with Gasteiger partial charge in [0.15, 0.2) is 0 Å². The number of aryl methyl sites for hydroxylation is 2. The number of hydrogen-bond donors (Lipinski definition) is 1. The van der Waals surface area contributed by atoms with Gasteiger partial charge in [-0.15, -0.1) is 12.4 Å². The molecule has 2 aromatic rings. The molecule has 1 N–H and O–H groups in total. The normalized spacial score (nSPS) is 14.0. The fraction of sp³-hybridized carbons (Fsp3) is 0.350. The Bertz CT molecular complexity index is 755. The van der Waals surface area contributed by atoms with Crippen molar-refractivity contribution in [1.29, 1.82) is 0 Å². The summed E-state index contributed by atoms with van der Waals surface area (Å²) in [5, 5.41) is 3.62. The molecule has 0 atom stereocenters. The fourth-order valence-corrected chi connectivity index (χ4v) is 3.36. The third-order valence-electron chi connectivity index (χ3n) is 4.67. The number of piperidine rings is 1. The number of nitrogens with one attached hydrogen (secondary N) is 1. The summed E-state index contributed by atoms with van der Waals surface area (Å²) in [7, 11) is 0. The van der Waals surface area contributed by atoms with E-state index in [1.54, 1.807) is 0 Å². The standard InChI is InChI=1S/C20H23ClN2O.ClH/c1-14-6-7-16(12-15(14)2)20(24)22-17-8-9-19(18(21)13-17)23-10-4-3-5-11-23;/h6-9,12-13H,3-5,10-11H2,1-2H3,(H,22,24);1H. The van der Waals surface area contributed by atoms with E-state index in [0.29, 0.717) is 10.6 Å². The fourth-order valence-electron chi connectivity index (χ4n) is 3.06. The van der Waals surface area contributed by atoms with Gasteiger partial charge in [0.2, 0.25) is 0 Å². The molecule has 3 rings (SSSR count). The number of amides is 1. The van der Waals surface area contributed by atoms with Crippen LogP contribution in [0.4, 0.5) is 11.4 Å². The van der Waals surface area contributed by atoms with Crippen LogP contribution >= 0.6 is 24.0 Å².